The van der Waals surface area contributed by atoms with E-state index in [1.54, 1.807) is 0 Å². The van der Waals surface area contributed by atoms with Crippen molar-refractivity contribution in [3.05, 3.63) is 0 Å². The fourth-order valence-corrected chi connectivity index (χ4v) is 18.1. The highest BCUT2D eigenvalue weighted by Gasteiger charge is 2.64. The Kier molecular flexibility index (Phi) is 13.4. The number of rotatable bonds is 10. The van der Waals surface area contributed by atoms with Gasteiger partial charge in [0.1, 0.15) is 11.6 Å². The fourth-order valence-electron chi connectivity index (χ4n) is 18.1. The van der Waals surface area contributed by atoms with Crippen molar-refractivity contribution < 1.29 is 38.9 Å². The standard InChI is InChI=1S/C29H46O5.C24H38O3/c1-18(7-10-25(31)32)21-8-9-22-27-23(12-14-29(21,22)3)28(2)13-11-20(16-19(28)17-24(27)30)34-26-6-4-5-15-33-26;1-15(7-10-21(26)27)17-8-9-18-22-19(11-13-24(17,18)3)23(2)12-5-4-6-16(23)14-20(22)25/h18-23,26-27H,4-17H2,1-3H3,(H,31,32);15-19,22H,4-14H2,1-3H3,(H,26,27)/t18-,19+,20-,21-,22+,23+,26?,27+,28+,29-;15-,16+,17-,18+,19+,22+,23+,24-/m11/s1. The van der Waals surface area contributed by atoms with E-state index in [2.05, 4.69) is 41.5 Å². The SMILES string of the molecule is C[C@H](CCC(=O)O)[C@H]1CC[C@H]2[C@@H]3C(=O)C[C@@H]4CCCC[C@]4(C)[C@H]3CC[C@]12C.C[C@H](CCC(=O)O)[C@H]1CC[C@H]2[C@@H]3C(=O)C[C@@H]4C[C@H](OC5CCCCO5)CC[C@]4(C)[C@H]3CC[C@]12C. The molecule has 9 rings (SSSR count). The molecule has 0 aromatic heterocycles. The zero-order valence-electron chi connectivity index (χ0n) is 39.1. The number of fused-ring (bicyclic) bond motifs is 10. The molecule has 9 aliphatic rings. The lowest BCUT2D eigenvalue weighted by Crippen LogP contribution is -2.57. The number of hydrogen-bond acceptors (Lipinski definition) is 6. The van der Waals surface area contributed by atoms with Crippen LogP contribution in [0.1, 0.15) is 196 Å². The Labute approximate surface area is 368 Å². The van der Waals surface area contributed by atoms with Gasteiger partial charge in [-0.05, 0) is 196 Å². The van der Waals surface area contributed by atoms with Gasteiger partial charge in [0.05, 0.1) is 6.10 Å². The van der Waals surface area contributed by atoms with Gasteiger partial charge in [0.2, 0.25) is 0 Å². The average Bonchev–Trinajstić information content (AvgIpc) is 3.77. The molecular weight excluding hydrogens is 765 g/mol. The van der Waals surface area contributed by atoms with Crippen LogP contribution in [0.4, 0.5) is 0 Å². The van der Waals surface area contributed by atoms with Crippen LogP contribution < -0.4 is 0 Å². The summed E-state index contributed by atoms with van der Waals surface area (Å²) in [4.78, 5) is 49.3. The summed E-state index contributed by atoms with van der Waals surface area (Å²) in [5, 5.41) is 18.3. The van der Waals surface area contributed by atoms with E-state index in [4.69, 9.17) is 14.6 Å². The lowest BCUT2D eigenvalue weighted by molar-refractivity contribution is -0.211. The summed E-state index contributed by atoms with van der Waals surface area (Å²) in [6, 6.07) is 0. The second-order valence-electron chi connectivity index (χ2n) is 24.1. The second-order valence-corrected chi connectivity index (χ2v) is 24.1. The number of carbonyl (C=O) groups excluding carboxylic acids is 2. The van der Waals surface area contributed by atoms with Crippen molar-refractivity contribution in [2.24, 2.45) is 92.7 Å². The average molecular weight is 849 g/mol. The van der Waals surface area contributed by atoms with Crippen LogP contribution in [0.15, 0.2) is 0 Å². The van der Waals surface area contributed by atoms with Gasteiger partial charge in [0.15, 0.2) is 6.29 Å². The Hall–Kier alpha value is -1.80. The number of Topliss-reactive ketones (excluding diaryl/α,β-unsaturated/α-hetero) is 2. The number of carboxylic acids is 2. The fraction of sp³-hybridized carbons (Fsp3) is 0.925. The van der Waals surface area contributed by atoms with Crippen LogP contribution >= 0.6 is 0 Å². The lowest BCUT2D eigenvalue weighted by Gasteiger charge is -2.60. The number of ether oxygens (including phenoxy) is 2. The van der Waals surface area contributed by atoms with Crippen LogP contribution in [-0.4, -0.2) is 52.7 Å². The molecule has 0 radical (unpaired) electrons. The van der Waals surface area contributed by atoms with Gasteiger partial charge in [0.25, 0.3) is 0 Å². The highest BCUT2D eigenvalue weighted by atomic mass is 16.7. The Morgan fingerprint density at radius 1 is 0.607 bits per heavy atom. The Bertz CT molecular complexity index is 1620. The summed E-state index contributed by atoms with van der Waals surface area (Å²) in [5.74, 6) is 5.48. The molecular formula is C53H84O8. The van der Waals surface area contributed by atoms with Crippen LogP contribution in [0.5, 0.6) is 0 Å². The molecule has 8 aliphatic carbocycles. The Balaban J connectivity index is 0.000000173. The molecule has 1 unspecified atom stereocenters. The van der Waals surface area contributed by atoms with E-state index in [0.29, 0.717) is 82.1 Å². The van der Waals surface area contributed by atoms with Gasteiger partial charge < -0.3 is 19.7 Å². The molecule has 61 heavy (non-hydrogen) atoms. The Morgan fingerprint density at radius 2 is 1.10 bits per heavy atom. The van der Waals surface area contributed by atoms with Gasteiger partial charge in [-0.1, -0.05) is 54.4 Å². The predicted molar refractivity (Wildman–Crippen MR) is 236 cm³/mol. The zero-order chi connectivity index (χ0) is 43.5. The molecule has 8 heteroatoms. The maximum Gasteiger partial charge on any atom is 0.303 e. The van der Waals surface area contributed by atoms with Crippen molar-refractivity contribution >= 4 is 23.5 Å². The van der Waals surface area contributed by atoms with Crippen LogP contribution in [0.25, 0.3) is 0 Å². The van der Waals surface area contributed by atoms with Crippen molar-refractivity contribution in [2.75, 3.05) is 6.61 Å². The first-order chi connectivity index (χ1) is 29.0. The van der Waals surface area contributed by atoms with E-state index < -0.39 is 11.9 Å². The van der Waals surface area contributed by atoms with Crippen LogP contribution in [0.3, 0.4) is 0 Å². The predicted octanol–water partition coefficient (Wildman–Crippen LogP) is 12.0. The third-order valence-electron chi connectivity index (χ3n) is 21.4. The highest BCUT2D eigenvalue weighted by Crippen LogP contribution is 2.69. The van der Waals surface area contributed by atoms with Crippen molar-refractivity contribution in [3.63, 3.8) is 0 Å². The lowest BCUT2D eigenvalue weighted by atomic mass is 9.44. The number of ketones is 2. The summed E-state index contributed by atoms with van der Waals surface area (Å²) >= 11 is 0. The van der Waals surface area contributed by atoms with E-state index in [0.717, 1.165) is 77.2 Å². The third-order valence-corrected chi connectivity index (χ3v) is 21.4. The molecule has 0 aromatic carbocycles. The van der Waals surface area contributed by atoms with Gasteiger partial charge in [-0.25, -0.2) is 0 Å². The first-order valence-corrected chi connectivity index (χ1v) is 25.8. The first kappa shape index (κ1) is 45.8. The minimum atomic E-state index is -0.689. The first-order valence-electron chi connectivity index (χ1n) is 25.8. The van der Waals surface area contributed by atoms with Gasteiger partial charge in [-0.3, -0.25) is 19.2 Å². The number of aliphatic carboxylic acids is 2. The zero-order valence-corrected chi connectivity index (χ0v) is 39.1. The quantitative estimate of drug-likeness (QED) is 0.208. The van der Waals surface area contributed by atoms with E-state index in [-0.39, 0.29) is 47.4 Å². The monoisotopic (exact) mass is 849 g/mol. The summed E-state index contributed by atoms with van der Waals surface area (Å²) < 4.78 is 12.2. The van der Waals surface area contributed by atoms with E-state index in [9.17, 15) is 24.3 Å². The molecule has 2 N–H and O–H groups in total. The van der Waals surface area contributed by atoms with Crippen molar-refractivity contribution in [2.45, 2.75) is 208 Å². The molecule has 1 aliphatic heterocycles. The molecule has 1 saturated heterocycles. The molecule has 8 nitrogen and oxygen atoms in total. The van der Waals surface area contributed by atoms with E-state index in [1.165, 1.54) is 70.6 Å². The minimum Gasteiger partial charge on any atom is -0.481 e. The summed E-state index contributed by atoms with van der Waals surface area (Å²) in [7, 11) is 0. The van der Waals surface area contributed by atoms with Gasteiger partial charge in [-0.15, -0.1) is 0 Å². The largest absolute Gasteiger partial charge is 0.481 e. The molecule has 0 bridgehead atoms. The Morgan fingerprint density at radius 3 is 1.62 bits per heavy atom. The molecule has 18 atom stereocenters. The van der Waals surface area contributed by atoms with Crippen LogP contribution in [0.2, 0.25) is 0 Å². The maximum atomic E-state index is 13.8. The summed E-state index contributed by atoms with van der Waals surface area (Å²) in [6.07, 6.45) is 25.3. The summed E-state index contributed by atoms with van der Waals surface area (Å²) in [5.41, 5.74) is 1.08. The van der Waals surface area contributed by atoms with Gasteiger partial charge in [0, 0.05) is 44.1 Å². The van der Waals surface area contributed by atoms with Crippen molar-refractivity contribution in [1.82, 2.24) is 0 Å². The number of carboxylic acid groups (broad SMARTS) is 2. The van der Waals surface area contributed by atoms with Crippen molar-refractivity contribution in [1.29, 1.82) is 0 Å². The number of carbonyl (C=O) groups is 4. The number of hydrogen-bond donors (Lipinski definition) is 2. The molecule has 0 amide bonds. The smallest absolute Gasteiger partial charge is 0.303 e. The van der Waals surface area contributed by atoms with E-state index in [1.807, 2.05) is 0 Å². The molecule has 344 valence electrons. The van der Waals surface area contributed by atoms with Crippen LogP contribution in [0, 0.1) is 92.7 Å². The normalized spacial score (nSPS) is 47.5. The summed E-state index contributed by atoms with van der Waals surface area (Å²) in [6.45, 7) is 15.2. The van der Waals surface area contributed by atoms with E-state index >= 15 is 0 Å². The molecule has 1 heterocycles. The van der Waals surface area contributed by atoms with Gasteiger partial charge in [-0.2, -0.15) is 0 Å². The molecule has 8 saturated carbocycles. The van der Waals surface area contributed by atoms with Gasteiger partial charge >= 0.3 is 11.9 Å². The molecule has 0 aromatic rings. The topological polar surface area (TPSA) is 127 Å². The second kappa shape index (κ2) is 17.9. The third kappa shape index (κ3) is 8.37. The van der Waals surface area contributed by atoms with Crippen molar-refractivity contribution in [3.8, 4) is 0 Å². The highest BCUT2D eigenvalue weighted by molar-refractivity contribution is 5.84. The van der Waals surface area contributed by atoms with Crippen LogP contribution in [-0.2, 0) is 28.7 Å². The maximum absolute atomic E-state index is 13.8. The molecule has 9 fully saturated rings. The molecule has 0 spiro atoms. The minimum absolute atomic E-state index is 0.0379.